The molecule has 2 aromatic rings. The lowest BCUT2D eigenvalue weighted by Gasteiger charge is -2.10. The van der Waals surface area contributed by atoms with E-state index in [9.17, 15) is 4.79 Å². The Morgan fingerprint density at radius 3 is 2.74 bits per heavy atom. The van der Waals surface area contributed by atoms with Crippen molar-refractivity contribution in [3.8, 4) is 5.75 Å². The van der Waals surface area contributed by atoms with E-state index in [4.69, 9.17) is 4.74 Å². The fraction of sp³-hybridized carbons (Fsp3) is 0.286. The minimum atomic E-state index is -0.0823. The number of benzene rings is 1. The Morgan fingerprint density at radius 1 is 1.42 bits per heavy atom. The van der Waals surface area contributed by atoms with Crippen LogP contribution in [-0.2, 0) is 7.05 Å². The summed E-state index contributed by atoms with van der Waals surface area (Å²) in [4.78, 5) is 12.4. The van der Waals surface area contributed by atoms with Gasteiger partial charge in [-0.2, -0.15) is 5.10 Å². The summed E-state index contributed by atoms with van der Waals surface area (Å²) in [6, 6.07) is 7.18. The Balaban J connectivity index is 2.34. The molecule has 100 valence electrons. The molecule has 0 fully saturated rings. The Morgan fingerprint density at radius 2 is 2.16 bits per heavy atom. The first kappa shape index (κ1) is 13.8. The molecule has 1 aromatic heterocycles. The zero-order chi connectivity index (χ0) is 14.0. The number of aryl methyl sites for hydroxylation is 1. The lowest BCUT2D eigenvalue weighted by Crippen LogP contribution is -2.10. The number of rotatable bonds is 4. The number of hydrogen-bond acceptors (Lipinski definition) is 3. The quantitative estimate of drug-likeness (QED) is 0.812. The van der Waals surface area contributed by atoms with Gasteiger partial charge in [0.25, 0.3) is 0 Å². The van der Waals surface area contributed by atoms with Gasteiger partial charge in [-0.05, 0) is 41.9 Å². The normalized spacial score (nSPS) is 10.8. The molecule has 0 aliphatic carbocycles. The molecule has 1 aromatic carbocycles. The molecule has 19 heavy (non-hydrogen) atoms. The summed E-state index contributed by atoms with van der Waals surface area (Å²) < 4.78 is 7.84. The van der Waals surface area contributed by atoms with Gasteiger partial charge in [0.2, 0.25) is 5.78 Å². The molecule has 0 saturated carbocycles. The largest absolute Gasteiger partial charge is 0.491 e. The number of carbonyl (C=O) groups excluding carboxylic acids is 1. The predicted octanol–water partition coefficient (Wildman–Crippen LogP) is 3.20. The van der Waals surface area contributed by atoms with Crippen LogP contribution < -0.4 is 4.74 Å². The molecule has 2 rings (SSSR count). The van der Waals surface area contributed by atoms with Gasteiger partial charge in [0, 0.05) is 12.6 Å². The second-order valence-electron chi connectivity index (χ2n) is 4.49. The lowest BCUT2D eigenvalue weighted by atomic mass is 10.1. The fourth-order valence-electron chi connectivity index (χ4n) is 1.79. The van der Waals surface area contributed by atoms with Crippen LogP contribution in [0.25, 0.3) is 0 Å². The Kier molecular flexibility index (Phi) is 4.04. The van der Waals surface area contributed by atoms with Crippen molar-refractivity contribution in [3.05, 3.63) is 46.2 Å². The van der Waals surface area contributed by atoms with Gasteiger partial charge in [0.05, 0.1) is 16.8 Å². The molecule has 0 bridgehead atoms. The van der Waals surface area contributed by atoms with Gasteiger partial charge in [-0.3, -0.25) is 9.48 Å². The number of hydrogen-bond donors (Lipinski definition) is 0. The van der Waals surface area contributed by atoms with Gasteiger partial charge in [-0.1, -0.05) is 12.1 Å². The minimum absolute atomic E-state index is 0.0776. The maximum atomic E-state index is 12.4. The Bertz CT molecular complexity index is 586. The van der Waals surface area contributed by atoms with Gasteiger partial charge in [0.1, 0.15) is 11.4 Å². The summed E-state index contributed by atoms with van der Waals surface area (Å²) in [5.41, 5.74) is 1.11. The standard InChI is InChI=1S/C14H15BrN2O2/c1-9(2)19-11-6-4-5-10(7-11)14(18)13-12(15)8-16-17(13)3/h4-9H,1-3H3. The molecule has 0 radical (unpaired) electrons. The molecule has 0 unspecified atom stereocenters. The van der Waals surface area contributed by atoms with Crippen molar-refractivity contribution < 1.29 is 9.53 Å². The highest BCUT2D eigenvalue weighted by molar-refractivity contribution is 9.10. The van der Waals surface area contributed by atoms with Crippen molar-refractivity contribution in [2.75, 3.05) is 0 Å². The zero-order valence-corrected chi connectivity index (χ0v) is 12.6. The SMILES string of the molecule is CC(C)Oc1cccc(C(=O)c2c(Br)cnn2C)c1. The maximum Gasteiger partial charge on any atom is 0.212 e. The van der Waals surface area contributed by atoms with E-state index in [1.165, 1.54) is 0 Å². The van der Waals surface area contributed by atoms with Crippen molar-refractivity contribution in [2.45, 2.75) is 20.0 Å². The van der Waals surface area contributed by atoms with Gasteiger partial charge in [0.15, 0.2) is 0 Å². The van der Waals surface area contributed by atoms with Crippen LogP contribution in [0.2, 0.25) is 0 Å². The molecule has 0 amide bonds. The zero-order valence-electron chi connectivity index (χ0n) is 11.1. The van der Waals surface area contributed by atoms with E-state index in [1.54, 1.807) is 30.1 Å². The van der Waals surface area contributed by atoms with Gasteiger partial charge >= 0.3 is 0 Å². The molecule has 0 aliphatic rings. The van der Waals surface area contributed by atoms with E-state index in [1.807, 2.05) is 26.0 Å². The summed E-state index contributed by atoms with van der Waals surface area (Å²) in [6.45, 7) is 3.90. The molecule has 1 heterocycles. The molecule has 5 heteroatoms. The lowest BCUT2D eigenvalue weighted by molar-refractivity contribution is 0.102. The van der Waals surface area contributed by atoms with Crippen LogP contribution in [-0.4, -0.2) is 21.7 Å². The average molecular weight is 323 g/mol. The predicted molar refractivity (Wildman–Crippen MR) is 76.5 cm³/mol. The fourth-order valence-corrected chi connectivity index (χ4v) is 2.31. The molecule has 0 N–H and O–H groups in total. The second kappa shape index (κ2) is 5.57. The van der Waals surface area contributed by atoms with E-state index in [0.29, 0.717) is 21.5 Å². The number of carbonyl (C=O) groups is 1. The van der Waals surface area contributed by atoms with Gasteiger partial charge < -0.3 is 4.74 Å². The maximum absolute atomic E-state index is 12.4. The Hall–Kier alpha value is -1.62. The van der Waals surface area contributed by atoms with Gasteiger partial charge in [-0.25, -0.2) is 0 Å². The molecule has 0 saturated heterocycles. The highest BCUT2D eigenvalue weighted by atomic mass is 79.9. The van der Waals surface area contributed by atoms with E-state index in [0.717, 1.165) is 0 Å². The smallest absolute Gasteiger partial charge is 0.212 e. The van der Waals surface area contributed by atoms with Crippen LogP contribution in [0.1, 0.15) is 29.9 Å². The average Bonchev–Trinajstić information content (AvgIpc) is 2.68. The molecule has 0 atom stereocenters. The summed E-state index contributed by atoms with van der Waals surface area (Å²) in [6.07, 6.45) is 1.69. The summed E-state index contributed by atoms with van der Waals surface area (Å²) in [5, 5.41) is 4.05. The van der Waals surface area contributed by atoms with Crippen LogP contribution >= 0.6 is 15.9 Å². The second-order valence-corrected chi connectivity index (χ2v) is 5.34. The topological polar surface area (TPSA) is 44.1 Å². The molecular weight excluding hydrogens is 308 g/mol. The van der Waals surface area contributed by atoms with E-state index in [2.05, 4.69) is 21.0 Å². The summed E-state index contributed by atoms with van der Waals surface area (Å²) in [7, 11) is 1.74. The summed E-state index contributed by atoms with van der Waals surface area (Å²) >= 11 is 3.34. The molecule has 0 aliphatic heterocycles. The van der Waals surface area contributed by atoms with Gasteiger partial charge in [-0.15, -0.1) is 0 Å². The number of aromatic nitrogens is 2. The van der Waals surface area contributed by atoms with E-state index < -0.39 is 0 Å². The van der Waals surface area contributed by atoms with Crippen LogP contribution in [0, 0.1) is 0 Å². The van der Waals surface area contributed by atoms with Crippen molar-refractivity contribution >= 4 is 21.7 Å². The third kappa shape index (κ3) is 3.04. The third-order valence-electron chi connectivity index (χ3n) is 2.58. The molecule has 0 spiro atoms. The van der Waals surface area contributed by atoms with Crippen molar-refractivity contribution in [2.24, 2.45) is 7.05 Å². The van der Waals surface area contributed by atoms with Crippen molar-refractivity contribution in [1.29, 1.82) is 0 Å². The molecule has 4 nitrogen and oxygen atoms in total. The Labute approximate surface area is 120 Å². The highest BCUT2D eigenvalue weighted by Crippen LogP contribution is 2.22. The van der Waals surface area contributed by atoms with Crippen LogP contribution in [0.3, 0.4) is 0 Å². The third-order valence-corrected chi connectivity index (χ3v) is 3.16. The monoisotopic (exact) mass is 322 g/mol. The van der Waals surface area contributed by atoms with E-state index >= 15 is 0 Å². The highest BCUT2D eigenvalue weighted by Gasteiger charge is 2.17. The summed E-state index contributed by atoms with van der Waals surface area (Å²) in [5.74, 6) is 0.611. The van der Waals surface area contributed by atoms with Crippen LogP contribution in [0.4, 0.5) is 0 Å². The molecular formula is C14H15BrN2O2. The van der Waals surface area contributed by atoms with E-state index in [-0.39, 0.29) is 11.9 Å². The first-order chi connectivity index (χ1) is 8.99. The van der Waals surface area contributed by atoms with Crippen molar-refractivity contribution in [1.82, 2.24) is 9.78 Å². The minimum Gasteiger partial charge on any atom is -0.491 e. The number of ketones is 1. The number of halogens is 1. The first-order valence-electron chi connectivity index (χ1n) is 5.98. The first-order valence-corrected chi connectivity index (χ1v) is 6.77. The van der Waals surface area contributed by atoms with Crippen molar-refractivity contribution in [3.63, 3.8) is 0 Å². The van der Waals surface area contributed by atoms with Crippen LogP contribution in [0.15, 0.2) is 34.9 Å². The number of nitrogens with zero attached hydrogens (tertiary/aromatic N) is 2. The van der Waals surface area contributed by atoms with Crippen LogP contribution in [0.5, 0.6) is 5.75 Å². The number of ether oxygens (including phenoxy) is 1.